The monoisotopic (exact) mass is 211 g/mol. The van der Waals surface area contributed by atoms with Crippen LogP contribution < -0.4 is 5.73 Å². The Labute approximate surface area is 86.7 Å². The van der Waals surface area contributed by atoms with E-state index >= 15 is 0 Å². The van der Waals surface area contributed by atoms with Gasteiger partial charge in [-0.2, -0.15) is 0 Å². The van der Waals surface area contributed by atoms with Gasteiger partial charge in [0.1, 0.15) is 0 Å². The van der Waals surface area contributed by atoms with Gasteiger partial charge in [-0.15, -0.1) is 11.3 Å². The second-order valence-corrected chi connectivity index (χ2v) is 4.51. The van der Waals surface area contributed by atoms with E-state index in [-0.39, 0.29) is 18.0 Å². The number of nitrogens with two attached hydrogens (primary N) is 1. The van der Waals surface area contributed by atoms with E-state index in [4.69, 9.17) is 5.73 Å². The first-order chi connectivity index (χ1) is 6.61. The van der Waals surface area contributed by atoms with Gasteiger partial charge in [0, 0.05) is 19.5 Å². The maximum Gasteiger partial charge on any atom is 0.224 e. The van der Waals surface area contributed by atoms with Crippen molar-refractivity contribution in [2.24, 2.45) is 5.73 Å². The van der Waals surface area contributed by atoms with Crippen molar-refractivity contribution in [3.8, 4) is 0 Å². The molecule has 0 aromatic carbocycles. The quantitative estimate of drug-likeness (QED) is 0.743. The van der Waals surface area contributed by atoms with Crippen LogP contribution in [-0.2, 0) is 4.79 Å². The molecular formula is C9H13N3OS. The van der Waals surface area contributed by atoms with E-state index in [0.717, 1.165) is 10.6 Å². The smallest absolute Gasteiger partial charge is 0.224 e. The third-order valence-corrected chi connectivity index (χ3v) is 3.68. The number of aromatic nitrogens is 1. The van der Waals surface area contributed by atoms with E-state index in [1.54, 1.807) is 28.8 Å². The summed E-state index contributed by atoms with van der Waals surface area (Å²) in [4.78, 5) is 18.5. The van der Waals surface area contributed by atoms with Crippen molar-refractivity contribution in [1.29, 1.82) is 0 Å². The number of rotatable bonds is 1. The Morgan fingerprint density at radius 2 is 2.43 bits per heavy atom. The Bertz CT molecular complexity index is 363. The number of amides is 1. The summed E-state index contributed by atoms with van der Waals surface area (Å²) in [6.45, 7) is 1.95. The molecule has 1 aromatic heterocycles. The molecular weight excluding hydrogens is 198 g/mol. The minimum atomic E-state index is -0.0911. The third-order valence-electron chi connectivity index (χ3n) is 2.68. The summed E-state index contributed by atoms with van der Waals surface area (Å²) < 4.78 is 0. The van der Waals surface area contributed by atoms with E-state index in [0.29, 0.717) is 6.42 Å². The fourth-order valence-electron chi connectivity index (χ4n) is 1.86. The minimum absolute atomic E-state index is 0.0231. The first-order valence-corrected chi connectivity index (χ1v) is 5.40. The van der Waals surface area contributed by atoms with Crippen LogP contribution in [0.2, 0.25) is 0 Å². The van der Waals surface area contributed by atoms with Gasteiger partial charge in [-0.3, -0.25) is 4.79 Å². The highest BCUT2D eigenvalue weighted by Crippen LogP contribution is 2.34. The SMILES string of the molecule is Cc1ncsc1[C@@H]1[C@@H](N)CC(=O)N1C. The third kappa shape index (κ3) is 1.33. The number of thiazole rings is 1. The second-order valence-electron chi connectivity index (χ2n) is 3.62. The normalized spacial score (nSPS) is 27.4. The van der Waals surface area contributed by atoms with Gasteiger partial charge in [-0.1, -0.05) is 0 Å². The molecule has 0 spiro atoms. The van der Waals surface area contributed by atoms with Crippen molar-refractivity contribution in [3.63, 3.8) is 0 Å². The van der Waals surface area contributed by atoms with E-state index in [1.165, 1.54) is 0 Å². The van der Waals surface area contributed by atoms with Crippen LogP contribution in [0.1, 0.15) is 23.0 Å². The van der Waals surface area contributed by atoms with E-state index in [9.17, 15) is 4.79 Å². The van der Waals surface area contributed by atoms with Gasteiger partial charge in [0.15, 0.2) is 0 Å². The van der Waals surface area contributed by atoms with Crippen LogP contribution >= 0.6 is 11.3 Å². The molecule has 1 saturated heterocycles. The largest absolute Gasteiger partial charge is 0.336 e. The topological polar surface area (TPSA) is 59.2 Å². The predicted molar refractivity (Wildman–Crippen MR) is 55.0 cm³/mol. The van der Waals surface area contributed by atoms with Crippen LogP contribution in [0.15, 0.2) is 5.51 Å². The molecule has 1 aromatic rings. The molecule has 2 N–H and O–H groups in total. The summed E-state index contributed by atoms with van der Waals surface area (Å²) in [6.07, 6.45) is 0.443. The lowest BCUT2D eigenvalue weighted by Crippen LogP contribution is -2.30. The van der Waals surface area contributed by atoms with Gasteiger partial charge in [0.25, 0.3) is 0 Å². The molecule has 4 nitrogen and oxygen atoms in total. The van der Waals surface area contributed by atoms with Crippen LogP contribution in [0.3, 0.4) is 0 Å². The number of hydrogen-bond donors (Lipinski definition) is 1. The fraction of sp³-hybridized carbons (Fsp3) is 0.556. The Morgan fingerprint density at radius 3 is 2.86 bits per heavy atom. The Morgan fingerprint density at radius 1 is 1.71 bits per heavy atom. The van der Waals surface area contributed by atoms with Crippen LogP contribution in [0, 0.1) is 6.92 Å². The summed E-state index contributed by atoms with van der Waals surface area (Å²) in [5, 5.41) is 0. The average molecular weight is 211 g/mol. The Hall–Kier alpha value is -0.940. The average Bonchev–Trinajstić information content (AvgIpc) is 2.60. The van der Waals surface area contributed by atoms with Gasteiger partial charge < -0.3 is 10.6 Å². The standard InChI is InChI=1S/C9H13N3OS/c1-5-9(14-4-11-5)8-6(10)3-7(13)12(8)2/h4,6,8H,3,10H2,1-2H3/t6-,8-/m0/s1. The molecule has 0 unspecified atom stereocenters. The molecule has 76 valence electrons. The number of aryl methyl sites for hydroxylation is 1. The number of hydrogen-bond acceptors (Lipinski definition) is 4. The van der Waals surface area contributed by atoms with Gasteiger partial charge >= 0.3 is 0 Å². The van der Waals surface area contributed by atoms with Crippen LogP contribution in [0.4, 0.5) is 0 Å². The van der Waals surface area contributed by atoms with E-state index in [2.05, 4.69) is 4.98 Å². The predicted octanol–water partition coefficient (Wildman–Crippen LogP) is 0.682. The maximum absolute atomic E-state index is 11.4. The molecule has 2 rings (SSSR count). The van der Waals surface area contributed by atoms with Gasteiger partial charge in [-0.05, 0) is 6.92 Å². The first-order valence-electron chi connectivity index (χ1n) is 4.52. The zero-order chi connectivity index (χ0) is 10.3. The number of likely N-dealkylation sites (tertiary alicyclic amines) is 1. The summed E-state index contributed by atoms with van der Waals surface area (Å²) in [5.74, 6) is 0.121. The van der Waals surface area contributed by atoms with Gasteiger partial charge in [0.2, 0.25) is 5.91 Å². The van der Waals surface area contributed by atoms with Crippen molar-refractivity contribution in [3.05, 3.63) is 16.1 Å². The summed E-state index contributed by atoms with van der Waals surface area (Å²) in [6, 6.07) is -0.0679. The zero-order valence-corrected chi connectivity index (χ0v) is 9.04. The molecule has 0 radical (unpaired) electrons. The van der Waals surface area contributed by atoms with E-state index in [1.807, 2.05) is 6.92 Å². The fourth-order valence-corrected chi connectivity index (χ4v) is 2.88. The molecule has 1 fully saturated rings. The molecule has 0 aliphatic carbocycles. The first kappa shape index (κ1) is 9.61. The molecule has 14 heavy (non-hydrogen) atoms. The number of carbonyl (C=O) groups is 1. The summed E-state index contributed by atoms with van der Waals surface area (Å²) >= 11 is 1.57. The van der Waals surface area contributed by atoms with Gasteiger partial charge in [0.05, 0.1) is 22.1 Å². The van der Waals surface area contributed by atoms with Crippen molar-refractivity contribution < 1.29 is 4.79 Å². The van der Waals surface area contributed by atoms with Crippen molar-refractivity contribution >= 4 is 17.2 Å². The molecule has 2 heterocycles. The lowest BCUT2D eigenvalue weighted by atomic mass is 10.1. The molecule has 1 aliphatic rings. The highest BCUT2D eigenvalue weighted by Gasteiger charge is 2.37. The van der Waals surface area contributed by atoms with Crippen molar-refractivity contribution in [2.75, 3.05) is 7.05 Å². The number of likely N-dealkylation sites (N-methyl/N-ethyl adjacent to an activating group) is 1. The number of nitrogens with zero attached hydrogens (tertiary/aromatic N) is 2. The van der Waals surface area contributed by atoms with Crippen LogP contribution in [-0.4, -0.2) is 28.9 Å². The van der Waals surface area contributed by atoms with Gasteiger partial charge in [-0.25, -0.2) is 4.98 Å². The van der Waals surface area contributed by atoms with Crippen molar-refractivity contribution in [1.82, 2.24) is 9.88 Å². The molecule has 1 aliphatic heterocycles. The molecule has 0 saturated carbocycles. The number of carbonyl (C=O) groups excluding carboxylic acids is 1. The molecule has 2 atom stereocenters. The van der Waals surface area contributed by atoms with Crippen molar-refractivity contribution in [2.45, 2.75) is 25.4 Å². The molecule has 5 heteroatoms. The second kappa shape index (κ2) is 3.33. The maximum atomic E-state index is 11.4. The molecule has 0 bridgehead atoms. The highest BCUT2D eigenvalue weighted by atomic mass is 32.1. The van der Waals surface area contributed by atoms with E-state index < -0.39 is 0 Å². The lowest BCUT2D eigenvalue weighted by molar-refractivity contribution is -0.127. The Balaban J connectivity index is 2.35. The van der Waals surface area contributed by atoms with Crippen LogP contribution in [0.5, 0.6) is 0 Å². The zero-order valence-electron chi connectivity index (χ0n) is 8.23. The molecule has 1 amide bonds. The highest BCUT2D eigenvalue weighted by molar-refractivity contribution is 7.09. The summed E-state index contributed by atoms with van der Waals surface area (Å²) in [5.41, 5.74) is 8.72. The van der Waals surface area contributed by atoms with Crippen LogP contribution in [0.25, 0.3) is 0 Å². The minimum Gasteiger partial charge on any atom is -0.336 e. The summed E-state index contributed by atoms with van der Waals surface area (Å²) in [7, 11) is 1.80. The lowest BCUT2D eigenvalue weighted by Gasteiger charge is -2.21. The Kier molecular flexibility index (Phi) is 2.28.